The van der Waals surface area contributed by atoms with E-state index in [0.29, 0.717) is 10.9 Å². The van der Waals surface area contributed by atoms with Crippen LogP contribution in [-0.4, -0.2) is 62.1 Å². The molecule has 5 atom stereocenters. The fourth-order valence-electron chi connectivity index (χ4n) is 2.51. The van der Waals surface area contributed by atoms with Gasteiger partial charge in [0.1, 0.15) is 24.1 Å². The monoisotopic (exact) mass is 337 g/mol. The molecule has 0 bridgehead atoms. The summed E-state index contributed by atoms with van der Waals surface area (Å²) in [5.41, 5.74) is 0.317. The third kappa shape index (κ3) is 2.85. The first-order valence-corrected chi connectivity index (χ1v) is 7.09. The predicted molar refractivity (Wildman–Crippen MR) is 79.5 cm³/mol. The number of pyridine rings is 1. The number of ether oxygens (including phenoxy) is 2. The largest absolute Gasteiger partial charge is 0.479 e. The second-order valence-electron chi connectivity index (χ2n) is 5.40. The van der Waals surface area contributed by atoms with Gasteiger partial charge in [0, 0.05) is 23.2 Å². The van der Waals surface area contributed by atoms with E-state index in [-0.39, 0.29) is 11.2 Å². The van der Waals surface area contributed by atoms with Crippen LogP contribution in [0.25, 0.3) is 10.9 Å². The zero-order valence-electron chi connectivity index (χ0n) is 12.2. The highest BCUT2D eigenvalue weighted by atomic mass is 16.7. The standard InChI is InChI=1S/C15H15NO8/c17-9-3-4-16-8-2-1-6(5-7(8)9)23-15-12(20)10(18)11(19)13(24-15)14(21)22/h1-5,10-13,15,18-20H,(H,16,17)(H,21,22). The lowest BCUT2D eigenvalue weighted by Crippen LogP contribution is -2.61. The Balaban J connectivity index is 1.88. The van der Waals surface area contributed by atoms with E-state index in [0.717, 1.165) is 0 Å². The number of aliphatic hydroxyl groups excluding tert-OH is 3. The number of aromatic nitrogens is 1. The molecule has 1 aliphatic rings. The molecule has 1 aromatic heterocycles. The summed E-state index contributed by atoms with van der Waals surface area (Å²) in [4.78, 5) is 25.8. The van der Waals surface area contributed by atoms with Crippen molar-refractivity contribution in [2.45, 2.75) is 30.7 Å². The van der Waals surface area contributed by atoms with Gasteiger partial charge in [0.25, 0.3) is 0 Å². The molecular weight excluding hydrogens is 322 g/mol. The average Bonchev–Trinajstić information content (AvgIpc) is 2.56. The molecule has 9 heteroatoms. The van der Waals surface area contributed by atoms with Gasteiger partial charge >= 0.3 is 5.97 Å². The summed E-state index contributed by atoms with van der Waals surface area (Å²) in [7, 11) is 0. The van der Waals surface area contributed by atoms with Crippen molar-refractivity contribution < 1.29 is 34.7 Å². The van der Waals surface area contributed by atoms with Crippen molar-refractivity contribution >= 4 is 16.9 Å². The van der Waals surface area contributed by atoms with E-state index < -0.39 is 36.7 Å². The number of nitrogens with one attached hydrogen (secondary N) is 1. The molecule has 0 spiro atoms. The summed E-state index contributed by atoms with van der Waals surface area (Å²) in [6, 6.07) is 5.79. The second kappa shape index (κ2) is 6.21. The third-order valence-corrected chi connectivity index (χ3v) is 3.80. The molecule has 24 heavy (non-hydrogen) atoms. The van der Waals surface area contributed by atoms with Gasteiger partial charge in [0.2, 0.25) is 6.29 Å². The van der Waals surface area contributed by atoms with Crippen LogP contribution in [0.5, 0.6) is 5.75 Å². The normalized spacial score (nSPS) is 30.2. The topological polar surface area (TPSA) is 149 Å². The van der Waals surface area contributed by atoms with Crippen LogP contribution in [0.2, 0.25) is 0 Å². The molecule has 1 fully saturated rings. The minimum atomic E-state index is -1.79. The van der Waals surface area contributed by atoms with Gasteiger partial charge in [-0.2, -0.15) is 0 Å². The van der Waals surface area contributed by atoms with Crippen LogP contribution < -0.4 is 10.2 Å². The number of carbonyl (C=O) groups is 1. The first kappa shape index (κ1) is 16.4. The number of hydrogen-bond donors (Lipinski definition) is 5. The van der Waals surface area contributed by atoms with Crippen molar-refractivity contribution in [2.75, 3.05) is 0 Å². The Labute approximate surface area is 134 Å². The van der Waals surface area contributed by atoms with Crippen LogP contribution in [0, 0.1) is 0 Å². The Hall–Kier alpha value is -2.46. The highest BCUT2D eigenvalue weighted by Crippen LogP contribution is 2.25. The van der Waals surface area contributed by atoms with E-state index in [1.807, 2.05) is 0 Å². The Kier molecular flexibility index (Phi) is 4.24. The molecule has 5 N–H and O–H groups in total. The summed E-state index contributed by atoms with van der Waals surface area (Å²) < 4.78 is 10.4. The van der Waals surface area contributed by atoms with Crippen LogP contribution in [0.3, 0.4) is 0 Å². The summed E-state index contributed by atoms with van der Waals surface area (Å²) in [6.45, 7) is 0. The quantitative estimate of drug-likeness (QED) is 0.469. The maximum Gasteiger partial charge on any atom is 0.335 e. The molecule has 128 valence electrons. The predicted octanol–water partition coefficient (Wildman–Crippen LogP) is -1.20. The highest BCUT2D eigenvalue weighted by Gasteiger charge is 2.48. The van der Waals surface area contributed by atoms with Crippen molar-refractivity contribution in [1.29, 1.82) is 0 Å². The van der Waals surface area contributed by atoms with Gasteiger partial charge < -0.3 is 34.9 Å². The summed E-state index contributed by atoms with van der Waals surface area (Å²) >= 11 is 0. The molecule has 1 aromatic carbocycles. The van der Waals surface area contributed by atoms with Crippen molar-refractivity contribution in [3.8, 4) is 5.75 Å². The SMILES string of the molecule is O=C(O)C1OC(Oc2ccc3[nH]ccc(=O)c3c2)C(O)C(O)C1O. The fourth-order valence-corrected chi connectivity index (χ4v) is 2.51. The maximum absolute atomic E-state index is 11.8. The molecule has 2 aromatic rings. The van der Waals surface area contributed by atoms with Gasteiger partial charge in [-0.15, -0.1) is 0 Å². The lowest BCUT2D eigenvalue weighted by Gasteiger charge is -2.38. The molecule has 0 amide bonds. The Morgan fingerprint density at radius 2 is 1.88 bits per heavy atom. The van der Waals surface area contributed by atoms with E-state index in [1.54, 1.807) is 6.07 Å². The number of benzene rings is 1. The number of hydrogen-bond acceptors (Lipinski definition) is 7. The Morgan fingerprint density at radius 3 is 2.58 bits per heavy atom. The highest BCUT2D eigenvalue weighted by molar-refractivity contribution is 5.79. The van der Waals surface area contributed by atoms with E-state index in [1.165, 1.54) is 24.4 Å². The summed E-state index contributed by atoms with van der Waals surface area (Å²) in [5, 5.41) is 38.6. The number of carboxylic acid groups (broad SMARTS) is 1. The first-order chi connectivity index (χ1) is 11.4. The van der Waals surface area contributed by atoms with Crippen LogP contribution >= 0.6 is 0 Å². The number of H-pyrrole nitrogens is 1. The van der Waals surface area contributed by atoms with Crippen molar-refractivity contribution in [3.63, 3.8) is 0 Å². The van der Waals surface area contributed by atoms with Crippen LogP contribution in [0.4, 0.5) is 0 Å². The van der Waals surface area contributed by atoms with Crippen LogP contribution in [-0.2, 0) is 9.53 Å². The molecular formula is C15H15NO8. The van der Waals surface area contributed by atoms with Gasteiger partial charge in [-0.05, 0) is 18.2 Å². The van der Waals surface area contributed by atoms with E-state index in [9.17, 15) is 24.9 Å². The molecule has 1 aliphatic heterocycles. The lowest BCUT2D eigenvalue weighted by atomic mass is 9.99. The minimum absolute atomic E-state index is 0.135. The number of carboxylic acids is 1. The Morgan fingerprint density at radius 1 is 1.12 bits per heavy atom. The zero-order chi connectivity index (χ0) is 17.4. The molecule has 2 heterocycles. The summed E-state index contributed by atoms with van der Waals surface area (Å²) in [6.07, 6.45) is -7.00. The fraction of sp³-hybridized carbons (Fsp3) is 0.333. The van der Waals surface area contributed by atoms with Gasteiger partial charge in [-0.25, -0.2) is 4.79 Å². The molecule has 0 saturated carbocycles. The van der Waals surface area contributed by atoms with E-state index >= 15 is 0 Å². The Bertz CT molecular complexity index is 818. The molecule has 0 radical (unpaired) electrons. The number of rotatable bonds is 3. The van der Waals surface area contributed by atoms with Crippen LogP contribution in [0.1, 0.15) is 0 Å². The van der Waals surface area contributed by atoms with Gasteiger partial charge in [0.15, 0.2) is 11.5 Å². The number of aromatic amines is 1. The van der Waals surface area contributed by atoms with E-state index in [4.69, 9.17) is 14.6 Å². The van der Waals surface area contributed by atoms with E-state index in [2.05, 4.69) is 4.98 Å². The van der Waals surface area contributed by atoms with Crippen LogP contribution in [0.15, 0.2) is 35.3 Å². The first-order valence-electron chi connectivity index (χ1n) is 7.09. The van der Waals surface area contributed by atoms with Gasteiger partial charge in [-0.3, -0.25) is 4.79 Å². The molecule has 9 nitrogen and oxygen atoms in total. The number of fused-ring (bicyclic) bond motifs is 1. The van der Waals surface area contributed by atoms with Gasteiger partial charge in [-0.1, -0.05) is 0 Å². The molecule has 5 unspecified atom stereocenters. The zero-order valence-corrected chi connectivity index (χ0v) is 12.2. The third-order valence-electron chi connectivity index (χ3n) is 3.80. The maximum atomic E-state index is 11.8. The smallest absolute Gasteiger partial charge is 0.335 e. The summed E-state index contributed by atoms with van der Waals surface area (Å²) in [5.74, 6) is -1.37. The number of aliphatic carboxylic acids is 1. The van der Waals surface area contributed by atoms with Crippen molar-refractivity contribution in [3.05, 3.63) is 40.7 Å². The molecule has 3 rings (SSSR count). The van der Waals surface area contributed by atoms with Crippen molar-refractivity contribution in [1.82, 2.24) is 4.98 Å². The number of aliphatic hydroxyl groups is 3. The minimum Gasteiger partial charge on any atom is -0.479 e. The second-order valence-corrected chi connectivity index (χ2v) is 5.40. The lowest BCUT2D eigenvalue weighted by molar-refractivity contribution is -0.271. The molecule has 0 aliphatic carbocycles. The molecule has 1 saturated heterocycles. The van der Waals surface area contributed by atoms with Crippen molar-refractivity contribution in [2.24, 2.45) is 0 Å². The average molecular weight is 337 g/mol. The van der Waals surface area contributed by atoms with Gasteiger partial charge in [0.05, 0.1) is 0 Å².